The van der Waals surface area contributed by atoms with Crippen LogP contribution in [0.5, 0.6) is 5.75 Å². The van der Waals surface area contributed by atoms with Gasteiger partial charge in [0.05, 0.1) is 4.92 Å². The number of amides is 1. The number of hydrogen-bond donors (Lipinski definition) is 1. The molecule has 0 aromatic heterocycles. The topological polar surface area (TPSA) is 108 Å². The lowest BCUT2D eigenvalue weighted by molar-refractivity contribution is -0.383. The Morgan fingerprint density at radius 3 is 2.42 bits per heavy atom. The first kappa shape index (κ1) is 21.8. The minimum atomic E-state index is -0.771. The van der Waals surface area contributed by atoms with Gasteiger partial charge < -0.3 is 14.8 Å². The van der Waals surface area contributed by atoms with Crippen molar-refractivity contribution < 1.29 is 24.0 Å². The molecule has 3 aromatic rings. The number of nitrogens with zero attached hydrogens (tertiary/aromatic N) is 1. The molecule has 0 aliphatic rings. The van der Waals surface area contributed by atoms with E-state index >= 15 is 0 Å². The lowest BCUT2D eigenvalue weighted by atomic mass is 10.2. The van der Waals surface area contributed by atoms with Crippen molar-refractivity contribution in [1.82, 2.24) is 0 Å². The van der Waals surface area contributed by atoms with Gasteiger partial charge in [0.25, 0.3) is 11.6 Å². The zero-order valence-corrected chi connectivity index (χ0v) is 16.9. The third-order valence-electron chi connectivity index (χ3n) is 4.16. The summed E-state index contributed by atoms with van der Waals surface area (Å²) in [4.78, 5) is 35.0. The van der Waals surface area contributed by atoms with Crippen molar-refractivity contribution in [3.63, 3.8) is 0 Å². The standard InChI is InChI=1S/C22H17ClN2O6/c23-17-9-3-1-7-15(17)13-30-20-12-6-2-8-16(20)22(27)31-14-21(26)24-18-10-4-5-11-19(18)25(28)29/h1-12H,13-14H2,(H,24,26). The molecule has 3 aromatic carbocycles. The van der Waals surface area contributed by atoms with E-state index in [0.29, 0.717) is 5.02 Å². The van der Waals surface area contributed by atoms with Crippen molar-refractivity contribution in [2.75, 3.05) is 11.9 Å². The number of benzene rings is 3. The zero-order chi connectivity index (χ0) is 22.2. The molecule has 0 aliphatic carbocycles. The molecule has 158 valence electrons. The summed E-state index contributed by atoms with van der Waals surface area (Å²) in [5.41, 5.74) is 0.627. The van der Waals surface area contributed by atoms with E-state index in [9.17, 15) is 19.7 Å². The van der Waals surface area contributed by atoms with Gasteiger partial charge in [-0.15, -0.1) is 0 Å². The van der Waals surface area contributed by atoms with Crippen LogP contribution in [0.3, 0.4) is 0 Å². The average Bonchev–Trinajstić information content (AvgIpc) is 2.77. The van der Waals surface area contributed by atoms with Crippen LogP contribution in [-0.2, 0) is 16.1 Å². The van der Waals surface area contributed by atoms with Gasteiger partial charge in [0.15, 0.2) is 6.61 Å². The van der Waals surface area contributed by atoms with Gasteiger partial charge in [0.1, 0.15) is 23.6 Å². The molecular formula is C22H17ClN2O6. The molecule has 0 spiro atoms. The highest BCUT2D eigenvalue weighted by molar-refractivity contribution is 6.31. The number of nitro benzene ring substituents is 1. The van der Waals surface area contributed by atoms with E-state index in [1.54, 1.807) is 42.5 Å². The molecule has 0 saturated heterocycles. The van der Waals surface area contributed by atoms with Crippen molar-refractivity contribution >= 4 is 34.9 Å². The van der Waals surface area contributed by atoms with Gasteiger partial charge in [-0.3, -0.25) is 14.9 Å². The monoisotopic (exact) mass is 440 g/mol. The molecule has 9 heteroatoms. The van der Waals surface area contributed by atoms with Crippen LogP contribution < -0.4 is 10.1 Å². The highest BCUT2D eigenvalue weighted by Gasteiger charge is 2.18. The minimum Gasteiger partial charge on any atom is -0.488 e. The molecule has 31 heavy (non-hydrogen) atoms. The quantitative estimate of drug-likeness (QED) is 0.311. The summed E-state index contributed by atoms with van der Waals surface area (Å²) in [7, 11) is 0. The van der Waals surface area contributed by atoms with Gasteiger partial charge in [0, 0.05) is 16.7 Å². The Kier molecular flexibility index (Phi) is 7.18. The first-order valence-electron chi connectivity index (χ1n) is 9.11. The number of ether oxygens (including phenoxy) is 2. The molecule has 0 heterocycles. The van der Waals surface area contributed by atoms with Crippen LogP contribution >= 0.6 is 11.6 Å². The number of esters is 1. The lowest BCUT2D eigenvalue weighted by Gasteiger charge is -2.12. The Morgan fingerprint density at radius 2 is 1.65 bits per heavy atom. The molecule has 0 bridgehead atoms. The molecule has 0 aliphatic heterocycles. The van der Waals surface area contributed by atoms with E-state index in [-0.39, 0.29) is 29.3 Å². The van der Waals surface area contributed by atoms with E-state index in [4.69, 9.17) is 21.1 Å². The summed E-state index contributed by atoms with van der Waals surface area (Å²) in [6.45, 7) is -0.480. The molecular weight excluding hydrogens is 424 g/mol. The fourth-order valence-electron chi connectivity index (χ4n) is 2.67. The van der Waals surface area contributed by atoms with Gasteiger partial charge >= 0.3 is 5.97 Å². The van der Waals surface area contributed by atoms with Crippen LogP contribution in [0, 0.1) is 10.1 Å². The number of rotatable bonds is 8. The molecule has 0 atom stereocenters. The smallest absolute Gasteiger partial charge is 0.342 e. The van der Waals surface area contributed by atoms with Gasteiger partial charge in [0.2, 0.25) is 0 Å². The number of carbonyl (C=O) groups is 2. The highest BCUT2D eigenvalue weighted by Crippen LogP contribution is 2.24. The van der Waals surface area contributed by atoms with Crippen LogP contribution in [0.1, 0.15) is 15.9 Å². The van der Waals surface area contributed by atoms with Crippen LogP contribution in [0.4, 0.5) is 11.4 Å². The maximum absolute atomic E-state index is 12.5. The van der Waals surface area contributed by atoms with Crippen molar-refractivity contribution in [1.29, 1.82) is 0 Å². The van der Waals surface area contributed by atoms with Crippen molar-refractivity contribution in [3.05, 3.63) is 99.1 Å². The number of halogens is 1. The van der Waals surface area contributed by atoms with Gasteiger partial charge in [-0.25, -0.2) is 4.79 Å². The minimum absolute atomic E-state index is 0.0111. The van der Waals surface area contributed by atoms with Gasteiger partial charge in [-0.2, -0.15) is 0 Å². The number of nitrogens with one attached hydrogen (secondary N) is 1. The Balaban J connectivity index is 1.61. The third-order valence-corrected chi connectivity index (χ3v) is 4.53. The first-order valence-corrected chi connectivity index (χ1v) is 9.49. The van der Waals surface area contributed by atoms with Crippen LogP contribution in [-0.4, -0.2) is 23.4 Å². The molecule has 0 saturated carbocycles. The fourth-order valence-corrected chi connectivity index (χ4v) is 2.86. The molecule has 1 amide bonds. The maximum Gasteiger partial charge on any atom is 0.342 e. The van der Waals surface area contributed by atoms with Crippen molar-refractivity contribution in [2.24, 2.45) is 0 Å². The molecule has 0 fully saturated rings. The third kappa shape index (κ3) is 5.80. The van der Waals surface area contributed by atoms with Crippen LogP contribution in [0.15, 0.2) is 72.8 Å². The van der Waals surface area contributed by atoms with Gasteiger partial charge in [-0.1, -0.05) is 54.1 Å². The molecule has 1 N–H and O–H groups in total. The van der Waals surface area contributed by atoms with Crippen LogP contribution in [0.25, 0.3) is 0 Å². The normalized spacial score (nSPS) is 10.2. The van der Waals surface area contributed by atoms with Crippen molar-refractivity contribution in [2.45, 2.75) is 6.61 Å². The summed E-state index contributed by atoms with van der Waals surface area (Å²) >= 11 is 6.12. The Hall–Kier alpha value is -3.91. The van der Waals surface area contributed by atoms with Crippen LogP contribution in [0.2, 0.25) is 5.02 Å². The highest BCUT2D eigenvalue weighted by atomic mass is 35.5. The second kappa shape index (κ2) is 10.2. The summed E-state index contributed by atoms with van der Waals surface area (Å²) < 4.78 is 10.8. The summed E-state index contributed by atoms with van der Waals surface area (Å²) in [5.74, 6) is -1.21. The summed E-state index contributed by atoms with van der Waals surface area (Å²) in [6.07, 6.45) is 0. The largest absolute Gasteiger partial charge is 0.488 e. The predicted molar refractivity (Wildman–Crippen MR) is 114 cm³/mol. The SMILES string of the molecule is O=C(COC(=O)c1ccccc1OCc1ccccc1Cl)Nc1ccccc1[N+](=O)[O-]. The Morgan fingerprint density at radius 1 is 0.968 bits per heavy atom. The molecule has 3 rings (SSSR count). The van der Waals surface area contributed by atoms with Gasteiger partial charge in [-0.05, 0) is 24.3 Å². The summed E-state index contributed by atoms with van der Waals surface area (Å²) in [6, 6.07) is 19.2. The number of nitro groups is 1. The Bertz CT molecular complexity index is 1120. The van der Waals surface area contributed by atoms with Crippen molar-refractivity contribution in [3.8, 4) is 5.75 Å². The van der Waals surface area contributed by atoms with E-state index in [1.165, 1.54) is 24.3 Å². The average molecular weight is 441 g/mol. The maximum atomic E-state index is 12.5. The lowest BCUT2D eigenvalue weighted by Crippen LogP contribution is -2.21. The second-order valence-corrected chi connectivity index (χ2v) is 6.68. The second-order valence-electron chi connectivity index (χ2n) is 6.27. The number of anilines is 1. The fraction of sp³-hybridized carbons (Fsp3) is 0.0909. The Labute approximate surface area is 182 Å². The molecule has 0 unspecified atom stereocenters. The van der Waals surface area contributed by atoms with E-state index in [1.807, 2.05) is 6.07 Å². The van der Waals surface area contributed by atoms with E-state index in [2.05, 4.69) is 5.32 Å². The first-order chi connectivity index (χ1) is 15.0. The zero-order valence-electron chi connectivity index (χ0n) is 16.1. The van der Waals surface area contributed by atoms with E-state index < -0.39 is 23.4 Å². The number of hydrogen-bond acceptors (Lipinski definition) is 6. The number of carbonyl (C=O) groups excluding carboxylic acids is 2. The summed E-state index contributed by atoms with van der Waals surface area (Å²) in [5, 5.41) is 13.9. The number of para-hydroxylation sites is 3. The predicted octanol–water partition coefficient (Wildman–Crippen LogP) is 4.62. The molecule has 0 radical (unpaired) electrons. The van der Waals surface area contributed by atoms with E-state index in [0.717, 1.165) is 5.56 Å². The molecule has 8 nitrogen and oxygen atoms in total.